The van der Waals surface area contributed by atoms with Gasteiger partial charge >= 0.3 is 6.18 Å². The molecule has 0 fully saturated rings. The molecule has 1 aliphatic rings. The highest BCUT2D eigenvalue weighted by Crippen LogP contribution is 2.33. The van der Waals surface area contributed by atoms with Crippen LogP contribution >= 0.6 is 0 Å². The zero-order valence-corrected chi connectivity index (χ0v) is 17.3. The second kappa shape index (κ2) is 8.32. The normalized spacial score (nSPS) is 13.5. The van der Waals surface area contributed by atoms with E-state index in [-0.39, 0.29) is 11.4 Å². The molecule has 4 aromatic rings. The maximum atomic E-state index is 14.0. The van der Waals surface area contributed by atoms with E-state index in [2.05, 4.69) is 30.7 Å². The standard InChI is InChI=1S/C21H15F5N8/c22-15-2-1-13(7-16(15)23)20-14(12-5-6-27-17(8-12)28-10-21(24,25)26)9-33(32-20)19-4-3-18-30-29-11-34(18)31-19/h1-2,5-9,11H,3-4,10H2,(H,27,28). The van der Waals surface area contributed by atoms with Crippen LogP contribution in [-0.4, -0.2) is 48.2 Å². The number of benzene rings is 1. The monoisotopic (exact) mass is 474 g/mol. The van der Waals surface area contributed by atoms with Crippen molar-refractivity contribution in [3.8, 4) is 22.4 Å². The molecule has 1 N–H and O–H groups in total. The summed E-state index contributed by atoms with van der Waals surface area (Å²) in [6, 6.07) is 6.38. The molecular weight excluding hydrogens is 459 g/mol. The van der Waals surface area contributed by atoms with E-state index in [1.165, 1.54) is 34.0 Å². The Morgan fingerprint density at radius 1 is 1.00 bits per heavy atom. The Labute approximate surface area is 188 Å². The van der Waals surface area contributed by atoms with Gasteiger partial charge in [-0.3, -0.25) is 0 Å². The van der Waals surface area contributed by atoms with E-state index in [0.717, 1.165) is 12.1 Å². The highest BCUT2D eigenvalue weighted by Gasteiger charge is 2.27. The van der Waals surface area contributed by atoms with Crippen molar-refractivity contribution >= 4 is 11.7 Å². The third kappa shape index (κ3) is 4.36. The molecule has 8 nitrogen and oxygen atoms in total. The van der Waals surface area contributed by atoms with Crippen LogP contribution in [0, 0.1) is 11.6 Å². The summed E-state index contributed by atoms with van der Waals surface area (Å²) in [4.78, 5) is 3.92. The fourth-order valence-electron chi connectivity index (χ4n) is 3.52. The molecule has 0 atom stereocenters. The lowest BCUT2D eigenvalue weighted by Gasteiger charge is -2.12. The Morgan fingerprint density at radius 2 is 1.85 bits per heavy atom. The van der Waals surface area contributed by atoms with Crippen molar-refractivity contribution in [3.05, 3.63) is 66.5 Å². The molecule has 4 heterocycles. The van der Waals surface area contributed by atoms with Crippen LogP contribution in [-0.2, 0) is 6.42 Å². The fraction of sp³-hybridized carbons (Fsp3) is 0.190. The van der Waals surface area contributed by atoms with E-state index in [9.17, 15) is 22.0 Å². The largest absolute Gasteiger partial charge is 0.405 e. The summed E-state index contributed by atoms with van der Waals surface area (Å²) >= 11 is 0. The first-order valence-corrected chi connectivity index (χ1v) is 10.1. The molecule has 0 amide bonds. The average Bonchev–Trinajstić information content (AvgIpc) is 3.46. The summed E-state index contributed by atoms with van der Waals surface area (Å²) < 4.78 is 68.4. The first-order chi connectivity index (χ1) is 16.3. The molecule has 0 spiro atoms. The second-order valence-corrected chi connectivity index (χ2v) is 7.47. The first kappa shape index (κ1) is 21.7. The summed E-state index contributed by atoms with van der Waals surface area (Å²) in [5.74, 6) is -0.824. The Morgan fingerprint density at radius 3 is 2.65 bits per heavy atom. The zero-order valence-electron chi connectivity index (χ0n) is 17.3. The number of anilines is 1. The van der Waals surface area contributed by atoms with Gasteiger partial charge in [0.1, 0.15) is 24.4 Å². The predicted molar refractivity (Wildman–Crippen MR) is 112 cm³/mol. The van der Waals surface area contributed by atoms with E-state index in [1.807, 2.05) is 0 Å². The molecule has 13 heteroatoms. The summed E-state index contributed by atoms with van der Waals surface area (Å²) in [6.45, 7) is -1.25. The smallest absolute Gasteiger partial charge is 0.361 e. The van der Waals surface area contributed by atoms with Crippen LogP contribution in [0.5, 0.6) is 0 Å². The lowest BCUT2D eigenvalue weighted by Crippen LogP contribution is -2.21. The molecule has 0 unspecified atom stereocenters. The van der Waals surface area contributed by atoms with E-state index >= 15 is 0 Å². The van der Waals surface area contributed by atoms with E-state index < -0.39 is 24.4 Å². The van der Waals surface area contributed by atoms with Crippen molar-refractivity contribution in [1.82, 2.24) is 29.6 Å². The van der Waals surface area contributed by atoms with Crippen molar-refractivity contribution < 1.29 is 22.0 Å². The number of nitrogens with zero attached hydrogens (tertiary/aromatic N) is 7. The molecule has 0 saturated heterocycles. The Balaban J connectivity index is 1.59. The minimum Gasteiger partial charge on any atom is -0.361 e. The van der Waals surface area contributed by atoms with Gasteiger partial charge in [0.15, 0.2) is 23.3 Å². The van der Waals surface area contributed by atoms with Gasteiger partial charge in [-0.2, -0.15) is 23.4 Å². The van der Waals surface area contributed by atoms with Gasteiger partial charge in [0.05, 0.1) is 0 Å². The van der Waals surface area contributed by atoms with Crippen LogP contribution in [0.2, 0.25) is 0 Å². The van der Waals surface area contributed by atoms with Gasteiger partial charge in [-0.25, -0.2) is 23.1 Å². The van der Waals surface area contributed by atoms with Crippen LogP contribution in [0.3, 0.4) is 0 Å². The molecular formula is C21H15F5N8. The lowest BCUT2D eigenvalue weighted by atomic mass is 10.0. The molecule has 34 heavy (non-hydrogen) atoms. The van der Waals surface area contributed by atoms with E-state index in [4.69, 9.17) is 0 Å². The average molecular weight is 474 g/mol. The minimum absolute atomic E-state index is 0.00273. The highest BCUT2D eigenvalue weighted by molar-refractivity contribution is 5.89. The Hall–Kier alpha value is -4.16. The molecule has 3 aromatic heterocycles. The molecule has 5 rings (SSSR count). The molecule has 0 aliphatic carbocycles. The van der Waals surface area contributed by atoms with Gasteiger partial charge in [0.25, 0.3) is 0 Å². The zero-order chi connectivity index (χ0) is 23.9. The maximum absolute atomic E-state index is 14.0. The van der Waals surface area contributed by atoms with Gasteiger partial charge < -0.3 is 5.32 Å². The number of hydrogen-bond donors (Lipinski definition) is 1. The minimum atomic E-state index is -4.42. The van der Waals surface area contributed by atoms with Gasteiger partial charge in [-0.05, 0) is 35.9 Å². The number of alkyl halides is 3. The number of aromatic nitrogens is 6. The fourth-order valence-corrected chi connectivity index (χ4v) is 3.52. The maximum Gasteiger partial charge on any atom is 0.405 e. The Bertz CT molecular complexity index is 1390. The molecule has 0 bridgehead atoms. The quantitative estimate of drug-likeness (QED) is 0.450. The summed E-state index contributed by atoms with van der Waals surface area (Å²) in [5, 5.41) is 19.0. The lowest BCUT2D eigenvalue weighted by molar-refractivity contribution is -0.115. The van der Waals surface area contributed by atoms with Crippen molar-refractivity contribution in [3.63, 3.8) is 0 Å². The van der Waals surface area contributed by atoms with Gasteiger partial charge in [-0.15, -0.1) is 10.2 Å². The third-order valence-corrected chi connectivity index (χ3v) is 5.11. The van der Waals surface area contributed by atoms with Crippen LogP contribution in [0.1, 0.15) is 12.2 Å². The Kier molecular flexibility index (Phi) is 5.30. The number of rotatable bonds is 4. The first-order valence-electron chi connectivity index (χ1n) is 10.1. The summed E-state index contributed by atoms with van der Waals surface area (Å²) in [5.41, 5.74) is 1.53. The predicted octanol–water partition coefficient (Wildman–Crippen LogP) is 4.11. The highest BCUT2D eigenvalue weighted by atomic mass is 19.4. The molecule has 174 valence electrons. The van der Waals surface area contributed by atoms with Gasteiger partial charge in [0.2, 0.25) is 0 Å². The van der Waals surface area contributed by atoms with Crippen molar-refractivity contribution in [2.45, 2.75) is 19.0 Å². The number of fused-ring (bicyclic) bond motifs is 1. The van der Waals surface area contributed by atoms with Gasteiger partial charge in [0, 0.05) is 36.4 Å². The SMILES string of the molecule is Fc1ccc(-c2nn(C3=Nn4cnnc4CC3)cc2-c2ccnc(NCC(F)(F)F)c2)cc1F. The second-order valence-electron chi connectivity index (χ2n) is 7.47. The number of nitrogens with one attached hydrogen (secondary N) is 1. The van der Waals surface area contributed by atoms with Crippen molar-refractivity contribution in [1.29, 1.82) is 0 Å². The van der Waals surface area contributed by atoms with E-state index in [0.29, 0.717) is 41.3 Å². The van der Waals surface area contributed by atoms with Gasteiger partial charge in [-0.1, -0.05) is 0 Å². The van der Waals surface area contributed by atoms with Crippen LogP contribution in [0.15, 0.2) is 54.2 Å². The summed E-state index contributed by atoms with van der Waals surface area (Å²) in [7, 11) is 0. The number of hydrogen-bond acceptors (Lipinski definition) is 6. The van der Waals surface area contributed by atoms with Crippen LogP contribution < -0.4 is 5.32 Å². The molecule has 0 radical (unpaired) electrons. The summed E-state index contributed by atoms with van der Waals surface area (Å²) in [6.07, 6.45) is 1.08. The molecule has 1 aromatic carbocycles. The van der Waals surface area contributed by atoms with Crippen molar-refractivity contribution in [2.75, 3.05) is 11.9 Å². The number of aryl methyl sites for hydroxylation is 1. The van der Waals surface area contributed by atoms with Crippen LogP contribution in [0.25, 0.3) is 22.4 Å². The number of halogens is 5. The van der Waals surface area contributed by atoms with E-state index in [1.54, 1.807) is 12.3 Å². The topological polar surface area (TPSA) is 85.8 Å². The van der Waals surface area contributed by atoms with Crippen molar-refractivity contribution in [2.24, 2.45) is 5.10 Å². The third-order valence-electron chi connectivity index (χ3n) is 5.11. The molecule has 0 saturated carbocycles. The number of pyridine rings is 1. The molecule has 1 aliphatic heterocycles. The van der Waals surface area contributed by atoms with Crippen LogP contribution in [0.4, 0.5) is 27.8 Å².